The van der Waals surface area contributed by atoms with Gasteiger partial charge < -0.3 is 14.8 Å². The van der Waals surface area contributed by atoms with E-state index in [-0.39, 0.29) is 0 Å². The monoisotopic (exact) mass is 275 g/mol. The molecule has 2 aliphatic rings. The first-order valence-electron chi connectivity index (χ1n) is 7.55. The quantitative estimate of drug-likeness (QED) is 0.910. The first-order valence-corrected chi connectivity index (χ1v) is 7.55. The van der Waals surface area contributed by atoms with Gasteiger partial charge >= 0.3 is 0 Å². The van der Waals surface area contributed by atoms with Crippen molar-refractivity contribution >= 4 is 5.69 Å². The predicted octanol–water partition coefficient (Wildman–Crippen LogP) is 1.91. The van der Waals surface area contributed by atoms with Crippen molar-refractivity contribution in [1.29, 1.82) is 0 Å². The minimum Gasteiger partial charge on any atom is -0.382 e. The zero-order valence-corrected chi connectivity index (χ0v) is 11.9. The standard InChI is InChI=1S/C16H23N2O2/c1-2-14(13-18-6-10-20-11-7-18)12-16(3-1)17-15-4-8-19-9-5-15/h1-2,12,15,17H,4-11,13H2. The Kier molecular flexibility index (Phi) is 4.90. The molecule has 2 aliphatic heterocycles. The van der Waals surface area contributed by atoms with Gasteiger partial charge in [0, 0.05) is 50.6 Å². The van der Waals surface area contributed by atoms with Crippen molar-refractivity contribution in [2.24, 2.45) is 0 Å². The molecule has 20 heavy (non-hydrogen) atoms. The van der Waals surface area contributed by atoms with E-state index in [0.29, 0.717) is 6.04 Å². The summed E-state index contributed by atoms with van der Waals surface area (Å²) >= 11 is 0. The second kappa shape index (κ2) is 7.07. The average molecular weight is 275 g/mol. The Hall–Kier alpha value is -1.10. The highest BCUT2D eigenvalue weighted by molar-refractivity contribution is 5.45. The van der Waals surface area contributed by atoms with Crippen LogP contribution < -0.4 is 5.32 Å². The van der Waals surface area contributed by atoms with Gasteiger partial charge in [0.05, 0.1) is 13.2 Å². The molecule has 2 heterocycles. The highest BCUT2D eigenvalue weighted by Gasteiger charge is 2.14. The smallest absolute Gasteiger partial charge is 0.0594 e. The van der Waals surface area contributed by atoms with Crippen LogP contribution in [0.2, 0.25) is 0 Å². The molecule has 0 bridgehead atoms. The maximum atomic E-state index is 5.39. The van der Waals surface area contributed by atoms with Gasteiger partial charge in [0.2, 0.25) is 0 Å². The maximum Gasteiger partial charge on any atom is 0.0594 e. The normalized spacial score (nSPS) is 21.8. The van der Waals surface area contributed by atoms with Crippen molar-refractivity contribution in [3.63, 3.8) is 0 Å². The van der Waals surface area contributed by atoms with Crippen LogP contribution in [-0.2, 0) is 16.0 Å². The van der Waals surface area contributed by atoms with Gasteiger partial charge in [0.25, 0.3) is 0 Å². The van der Waals surface area contributed by atoms with E-state index < -0.39 is 0 Å². The van der Waals surface area contributed by atoms with Crippen LogP contribution in [-0.4, -0.2) is 50.5 Å². The summed E-state index contributed by atoms with van der Waals surface area (Å²) in [5.41, 5.74) is 2.46. The van der Waals surface area contributed by atoms with Gasteiger partial charge in [0.15, 0.2) is 0 Å². The minimum atomic E-state index is 0.527. The van der Waals surface area contributed by atoms with Crippen LogP contribution in [0, 0.1) is 6.07 Å². The lowest BCUT2D eigenvalue weighted by molar-refractivity contribution is 0.0342. The van der Waals surface area contributed by atoms with Crippen molar-refractivity contribution < 1.29 is 9.47 Å². The molecule has 2 fully saturated rings. The summed E-state index contributed by atoms with van der Waals surface area (Å²) in [6, 6.07) is 10.2. The molecule has 0 aromatic heterocycles. The fourth-order valence-electron chi connectivity index (χ4n) is 2.77. The van der Waals surface area contributed by atoms with E-state index in [1.54, 1.807) is 0 Å². The number of anilines is 1. The summed E-state index contributed by atoms with van der Waals surface area (Å²) in [7, 11) is 0. The number of morpholine rings is 1. The minimum absolute atomic E-state index is 0.527. The van der Waals surface area contributed by atoms with E-state index in [1.165, 1.54) is 5.56 Å². The third-order valence-corrected chi connectivity index (χ3v) is 3.96. The highest BCUT2D eigenvalue weighted by Crippen LogP contribution is 2.17. The molecule has 0 amide bonds. The van der Waals surface area contributed by atoms with Crippen LogP contribution in [0.3, 0.4) is 0 Å². The Labute approximate surface area is 121 Å². The molecule has 0 unspecified atom stereocenters. The van der Waals surface area contributed by atoms with Crippen LogP contribution >= 0.6 is 0 Å². The lowest BCUT2D eigenvalue weighted by atomic mass is 10.1. The van der Waals surface area contributed by atoms with Crippen molar-refractivity contribution in [2.75, 3.05) is 44.8 Å². The number of nitrogens with zero attached hydrogens (tertiary/aromatic N) is 1. The summed E-state index contributed by atoms with van der Waals surface area (Å²) < 4.78 is 10.8. The van der Waals surface area contributed by atoms with Gasteiger partial charge in [-0.1, -0.05) is 12.1 Å². The maximum absolute atomic E-state index is 5.39. The van der Waals surface area contributed by atoms with Gasteiger partial charge in [-0.05, 0) is 24.5 Å². The zero-order chi connectivity index (χ0) is 13.6. The number of benzene rings is 1. The molecule has 109 valence electrons. The molecular weight excluding hydrogens is 252 g/mol. The first-order chi connectivity index (χ1) is 9.90. The summed E-state index contributed by atoms with van der Waals surface area (Å²) in [6.07, 6.45) is 2.17. The van der Waals surface area contributed by atoms with Gasteiger partial charge in [-0.3, -0.25) is 4.90 Å². The van der Waals surface area contributed by atoms with Crippen LogP contribution in [0.1, 0.15) is 18.4 Å². The molecule has 1 aromatic carbocycles. The second-order valence-electron chi connectivity index (χ2n) is 5.53. The number of nitrogens with one attached hydrogen (secondary N) is 1. The fraction of sp³-hybridized carbons (Fsp3) is 0.625. The molecule has 1 radical (unpaired) electrons. The molecule has 0 aliphatic carbocycles. The molecule has 3 rings (SSSR count). The fourth-order valence-corrected chi connectivity index (χ4v) is 2.77. The molecule has 0 spiro atoms. The van der Waals surface area contributed by atoms with E-state index in [9.17, 15) is 0 Å². The van der Waals surface area contributed by atoms with Crippen molar-refractivity contribution in [2.45, 2.75) is 25.4 Å². The van der Waals surface area contributed by atoms with E-state index in [0.717, 1.165) is 64.6 Å². The Morgan fingerprint density at radius 1 is 1.15 bits per heavy atom. The molecule has 1 aromatic rings. The summed E-state index contributed by atoms with van der Waals surface area (Å²) in [5.74, 6) is 0. The largest absolute Gasteiger partial charge is 0.382 e. The molecule has 1 N–H and O–H groups in total. The van der Waals surface area contributed by atoms with Gasteiger partial charge in [-0.15, -0.1) is 0 Å². The Morgan fingerprint density at radius 2 is 1.90 bits per heavy atom. The second-order valence-corrected chi connectivity index (χ2v) is 5.53. The number of hydrogen-bond donors (Lipinski definition) is 1. The van der Waals surface area contributed by atoms with Crippen molar-refractivity contribution in [3.8, 4) is 0 Å². The third-order valence-electron chi connectivity index (χ3n) is 3.96. The summed E-state index contributed by atoms with van der Waals surface area (Å²) in [4.78, 5) is 2.44. The van der Waals surface area contributed by atoms with Crippen LogP contribution in [0.15, 0.2) is 18.2 Å². The number of ether oxygens (including phenoxy) is 2. The van der Waals surface area contributed by atoms with E-state index in [2.05, 4.69) is 28.4 Å². The Balaban J connectivity index is 1.57. The highest BCUT2D eigenvalue weighted by atomic mass is 16.5. The molecule has 2 saturated heterocycles. The first kappa shape index (κ1) is 13.9. The number of hydrogen-bond acceptors (Lipinski definition) is 4. The lowest BCUT2D eigenvalue weighted by Crippen LogP contribution is -2.35. The van der Waals surface area contributed by atoms with E-state index in [4.69, 9.17) is 9.47 Å². The zero-order valence-electron chi connectivity index (χ0n) is 11.9. The van der Waals surface area contributed by atoms with E-state index in [1.807, 2.05) is 6.07 Å². The molecular formula is C16H23N2O2. The van der Waals surface area contributed by atoms with Crippen molar-refractivity contribution in [3.05, 3.63) is 29.8 Å². The molecule has 4 nitrogen and oxygen atoms in total. The summed E-state index contributed by atoms with van der Waals surface area (Å²) in [6.45, 7) is 6.50. The molecule has 4 heteroatoms. The Bertz CT molecular complexity index is 377. The molecule has 0 atom stereocenters. The van der Waals surface area contributed by atoms with E-state index >= 15 is 0 Å². The van der Waals surface area contributed by atoms with Crippen LogP contribution in [0.5, 0.6) is 0 Å². The number of rotatable bonds is 4. The van der Waals surface area contributed by atoms with Gasteiger partial charge in [-0.2, -0.15) is 0 Å². The summed E-state index contributed by atoms with van der Waals surface area (Å²) in [5, 5.41) is 3.58. The predicted molar refractivity (Wildman–Crippen MR) is 78.8 cm³/mol. The SMILES string of the molecule is [c]1ccc(CN2CCOCC2)cc1NC1CCOCC1. The Morgan fingerprint density at radius 3 is 2.70 bits per heavy atom. The van der Waals surface area contributed by atoms with Crippen molar-refractivity contribution in [1.82, 2.24) is 4.90 Å². The van der Waals surface area contributed by atoms with Gasteiger partial charge in [0.1, 0.15) is 0 Å². The topological polar surface area (TPSA) is 33.7 Å². The third kappa shape index (κ3) is 3.95. The van der Waals surface area contributed by atoms with Crippen LogP contribution in [0.4, 0.5) is 5.69 Å². The lowest BCUT2D eigenvalue weighted by Gasteiger charge is -2.27. The average Bonchev–Trinajstić information content (AvgIpc) is 2.50. The van der Waals surface area contributed by atoms with Gasteiger partial charge in [-0.25, -0.2) is 0 Å². The van der Waals surface area contributed by atoms with Crippen LogP contribution in [0.25, 0.3) is 0 Å². The molecule has 0 saturated carbocycles.